The van der Waals surface area contributed by atoms with E-state index >= 15 is 0 Å². The van der Waals surface area contributed by atoms with Gasteiger partial charge in [0.1, 0.15) is 5.56 Å². The molecule has 0 saturated heterocycles. The van der Waals surface area contributed by atoms with E-state index in [1.165, 1.54) is 12.1 Å². The van der Waals surface area contributed by atoms with E-state index < -0.39 is 16.6 Å². The lowest BCUT2D eigenvalue weighted by atomic mass is 10.1. The Morgan fingerprint density at radius 2 is 2.08 bits per heavy atom. The number of aryl methyl sites for hydroxylation is 1. The van der Waals surface area contributed by atoms with Crippen LogP contribution in [0.2, 0.25) is 5.02 Å². The number of esters is 1. The number of ether oxygens (including phenoxy) is 1. The minimum atomic E-state index is -0.908. The van der Waals surface area contributed by atoms with Crippen LogP contribution in [0.3, 0.4) is 0 Å². The normalized spacial score (nSPS) is 10.5. The maximum atomic E-state index is 12.1. The first-order chi connectivity index (χ1) is 12.4. The second-order valence-electron chi connectivity index (χ2n) is 5.37. The van der Waals surface area contributed by atoms with Crippen LogP contribution in [0.4, 0.5) is 5.69 Å². The number of carbonyl (C=O) groups is 1. The molecule has 0 aliphatic carbocycles. The fourth-order valence-electron chi connectivity index (χ4n) is 2.24. The van der Waals surface area contributed by atoms with Gasteiger partial charge in [0.05, 0.1) is 4.92 Å². The lowest BCUT2D eigenvalue weighted by Crippen LogP contribution is -2.08. The summed E-state index contributed by atoms with van der Waals surface area (Å²) in [5.74, 6) is -0.553. The maximum Gasteiger partial charge on any atom is 0.345 e. The van der Waals surface area contributed by atoms with E-state index in [2.05, 4.69) is 10.2 Å². The van der Waals surface area contributed by atoms with E-state index in [1.807, 2.05) is 31.2 Å². The number of halogens is 1. The Kier molecular flexibility index (Phi) is 4.94. The average Bonchev–Trinajstić information content (AvgIpc) is 3.08. The Bertz CT molecular complexity index is 986. The van der Waals surface area contributed by atoms with Gasteiger partial charge in [-0.1, -0.05) is 29.3 Å². The number of benzene rings is 2. The van der Waals surface area contributed by atoms with Crippen molar-refractivity contribution in [2.45, 2.75) is 13.5 Å². The Hall–Kier alpha value is -3.26. The highest BCUT2D eigenvalue weighted by molar-refractivity contribution is 6.31. The number of hydrogen-bond donors (Lipinski definition) is 0. The second-order valence-corrected chi connectivity index (χ2v) is 5.80. The molecule has 132 valence electrons. The molecule has 0 fully saturated rings. The lowest BCUT2D eigenvalue weighted by molar-refractivity contribution is -0.385. The van der Waals surface area contributed by atoms with Crippen LogP contribution in [0.15, 0.2) is 46.9 Å². The van der Waals surface area contributed by atoms with E-state index in [0.717, 1.165) is 17.2 Å². The molecule has 0 saturated carbocycles. The number of nitrogens with zero attached hydrogens (tertiary/aromatic N) is 3. The third kappa shape index (κ3) is 3.86. The maximum absolute atomic E-state index is 12.1. The number of nitro benzene ring substituents is 1. The summed E-state index contributed by atoms with van der Waals surface area (Å²) < 4.78 is 10.5. The Labute approximate surface area is 152 Å². The van der Waals surface area contributed by atoms with E-state index in [1.54, 1.807) is 0 Å². The van der Waals surface area contributed by atoms with Gasteiger partial charge in [-0.15, -0.1) is 10.2 Å². The Balaban J connectivity index is 1.73. The quantitative estimate of drug-likeness (QED) is 0.378. The van der Waals surface area contributed by atoms with E-state index in [0.29, 0.717) is 0 Å². The fraction of sp³-hybridized carbons (Fsp3) is 0.118. The van der Waals surface area contributed by atoms with Gasteiger partial charge in [0.2, 0.25) is 5.89 Å². The SMILES string of the molecule is Cc1cccc(-c2nnc(COC(=O)c3cc(Cl)ccc3[N+](=O)[O-])o2)c1. The smallest absolute Gasteiger partial charge is 0.345 e. The molecule has 0 spiro atoms. The third-order valence-electron chi connectivity index (χ3n) is 3.43. The Morgan fingerprint density at radius 3 is 2.81 bits per heavy atom. The van der Waals surface area contributed by atoms with Crippen LogP contribution in [-0.2, 0) is 11.3 Å². The molecule has 0 aliphatic heterocycles. The van der Waals surface area contributed by atoms with Crippen LogP contribution in [0.1, 0.15) is 21.8 Å². The summed E-state index contributed by atoms with van der Waals surface area (Å²) in [7, 11) is 0. The van der Waals surface area contributed by atoms with Crippen molar-refractivity contribution in [1.82, 2.24) is 10.2 Å². The van der Waals surface area contributed by atoms with Crippen LogP contribution < -0.4 is 0 Å². The summed E-state index contributed by atoms with van der Waals surface area (Å²) in [6.45, 7) is 1.61. The fourth-order valence-corrected chi connectivity index (χ4v) is 2.41. The first kappa shape index (κ1) is 17.6. The molecule has 26 heavy (non-hydrogen) atoms. The lowest BCUT2D eigenvalue weighted by Gasteiger charge is -2.03. The summed E-state index contributed by atoms with van der Waals surface area (Å²) in [4.78, 5) is 22.5. The zero-order valence-electron chi connectivity index (χ0n) is 13.5. The highest BCUT2D eigenvalue weighted by Crippen LogP contribution is 2.24. The number of hydrogen-bond acceptors (Lipinski definition) is 7. The number of nitro groups is 1. The average molecular weight is 374 g/mol. The number of aromatic nitrogens is 2. The van der Waals surface area contributed by atoms with Crippen molar-refractivity contribution in [2.75, 3.05) is 0 Å². The van der Waals surface area contributed by atoms with Crippen LogP contribution in [0.5, 0.6) is 0 Å². The van der Waals surface area contributed by atoms with Crippen molar-refractivity contribution < 1.29 is 18.9 Å². The molecular weight excluding hydrogens is 362 g/mol. The molecule has 0 amide bonds. The van der Waals surface area contributed by atoms with E-state index in [4.69, 9.17) is 20.8 Å². The molecule has 3 aromatic rings. The van der Waals surface area contributed by atoms with Crippen LogP contribution >= 0.6 is 11.6 Å². The van der Waals surface area contributed by atoms with Gasteiger partial charge in [-0.05, 0) is 31.2 Å². The first-order valence-electron chi connectivity index (χ1n) is 7.44. The van der Waals surface area contributed by atoms with Crippen molar-refractivity contribution in [3.05, 3.63) is 74.6 Å². The molecule has 0 bridgehead atoms. The van der Waals surface area contributed by atoms with Gasteiger partial charge < -0.3 is 9.15 Å². The topological polar surface area (TPSA) is 108 Å². The summed E-state index contributed by atoms with van der Waals surface area (Å²) in [5, 5.41) is 18.9. The standard InChI is InChI=1S/C17H12ClN3O5/c1-10-3-2-4-11(7-10)16-20-19-15(26-16)9-25-17(22)13-8-12(18)5-6-14(13)21(23)24/h2-8H,9H2,1H3. The molecule has 0 unspecified atom stereocenters. The summed E-state index contributed by atoms with van der Waals surface area (Å²) in [5.41, 5.74) is 1.12. The zero-order valence-corrected chi connectivity index (χ0v) is 14.3. The van der Waals surface area contributed by atoms with Crippen LogP contribution in [0, 0.1) is 17.0 Å². The van der Waals surface area contributed by atoms with Crippen LogP contribution in [-0.4, -0.2) is 21.1 Å². The molecule has 9 heteroatoms. The highest BCUT2D eigenvalue weighted by Gasteiger charge is 2.22. The summed E-state index contributed by atoms with van der Waals surface area (Å²) in [6.07, 6.45) is 0. The van der Waals surface area contributed by atoms with Gasteiger partial charge in [-0.25, -0.2) is 4.79 Å². The zero-order chi connectivity index (χ0) is 18.7. The minimum Gasteiger partial charge on any atom is -0.452 e. The van der Waals surface area contributed by atoms with Crippen molar-refractivity contribution >= 4 is 23.3 Å². The molecular formula is C17H12ClN3O5. The van der Waals surface area contributed by atoms with Crippen molar-refractivity contribution in [3.63, 3.8) is 0 Å². The Morgan fingerprint density at radius 1 is 1.27 bits per heavy atom. The van der Waals surface area contributed by atoms with Crippen LogP contribution in [0.25, 0.3) is 11.5 Å². The van der Waals surface area contributed by atoms with Crippen molar-refractivity contribution in [3.8, 4) is 11.5 Å². The van der Waals surface area contributed by atoms with Gasteiger partial charge in [-0.3, -0.25) is 10.1 Å². The first-order valence-corrected chi connectivity index (χ1v) is 7.82. The molecule has 0 atom stereocenters. The number of carbonyl (C=O) groups excluding carboxylic acids is 1. The van der Waals surface area contributed by atoms with Crippen molar-refractivity contribution in [2.24, 2.45) is 0 Å². The van der Waals surface area contributed by atoms with Gasteiger partial charge in [0.25, 0.3) is 11.6 Å². The molecule has 2 aromatic carbocycles. The third-order valence-corrected chi connectivity index (χ3v) is 3.67. The van der Waals surface area contributed by atoms with Gasteiger partial charge in [0.15, 0.2) is 6.61 Å². The van der Waals surface area contributed by atoms with Gasteiger partial charge in [-0.2, -0.15) is 0 Å². The van der Waals surface area contributed by atoms with E-state index in [-0.39, 0.29) is 29.0 Å². The van der Waals surface area contributed by atoms with Gasteiger partial charge in [0, 0.05) is 16.7 Å². The minimum absolute atomic E-state index is 0.0690. The van der Waals surface area contributed by atoms with E-state index in [9.17, 15) is 14.9 Å². The number of rotatable bonds is 5. The molecule has 3 rings (SSSR count). The molecule has 0 N–H and O–H groups in total. The molecule has 1 aromatic heterocycles. The molecule has 8 nitrogen and oxygen atoms in total. The highest BCUT2D eigenvalue weighted by atomic mass is 35.5. The predicted molar refractivity (Wildman–Crippen MR) is 91.7 cm³/mol. The summed E-state index contributed by atoms with van der Waals surface area (Å²) in [6, 6.07) is 11.1. The monoisotopic (exact) mass is 373 g/mol. The van der Waals surface area contributed by atoms with Crippen molar-refractivity contribution in [1.29, 1.82) is 0 Å². The van der Waals surface area contributed by atoms with Gasteiger partial charge >= 0.3 is 5.97 Å². The summed E-state index contributed by atoms with van der Waals surface area (Å²) >= 11 is 5.80. The second kappa shape index (κ2) is 7.32. The largest absolute Gasteiger partial charge is 0.452 e. The molecule has 0 radical (unpaired) electrons. The molecule has 1 heterocycles. The predicted octanol–water partition coefficient (Wildman–Crippen LogP) is 3.96. The molecule has 0 aliphatic rings.